The Bertz CT molecular complexity index is 1150. The van der Waals surface area contributed by atoms with Crippen LogP contribution in [0, 0.1) is 6.92 Å². The summed E-state index contributed by atoms with van der Waals surface area (Å²) in [6, 6.07) is 16.0. The molecular formula is C22H21ClN2O4S. The summed E-state index contributed by atoms with van der Waals surface area (Å²) in [4.78, 5) is 14.9. The highest BCUT2D eigenvalue weighted by Gasteiger charge is 2.36. The summed E-state index contributed by atoms with van der Waals surface area (Å²) >= 11 is 5.92. The minimum absolute atomic E-state index is 0.0352. The van der Waals surface area contributed by atoms with Gasteiger partial charge in [-0.1, -0.05) is 46.6 Å². The first-order valence-electron chi connectivity index (χ1n) is 9.60. The molecule has 2 heterocycles. The molecule has 156 valence electrons. The largest absolute Gasteiger partial charge is 0.355 e. The maximum atomic E-state index is 13.3. The number of carbonyl (C=O) groups excluding carboxylic acids is 1. The van der Waals surface area contributed by atoms with E-state index >= 15 is 0 Å². The summed E-state index contributed by atoms with van der Waals surface area (Å²) < 4.78 is 29.4. The Morgan fingerprint density at radius 2 is 1.87 bits per heavy atom. The minimum atomic E-state index is -3.15. The van der Waals surface area contributed by atoms with Gasteiger partial charge in [-0.15, -0.1) is 0 Å². The molecule has 30 heavy (non-hydrogen) atoms. The fourth-order valence-electron chi connectivity index (χ4n) is 3.55. The number of halogens is 1. The number of hydrogen-bond acceptors (Lipinski definition) is 5. The van der Waals surface area contributed by atoms with Crippen molar-refractivity contribution in [2.45, 2.75) is 25.9 Å². The van der Waals surface area contributed by atoms with Crippen LogP contribution in [0.2, 0.25) is 5.02 Å². The normalized spacial score (nSPS) is 17.7. The van der Waals surface area contributed by atoms with Gasteiger partial charge in [0.25, 0.3) is 5.91 Å². The number of amides is 1. The summed E-state index contributed by atoms with van der Waals surface area (Å²) in [6.07, 6.45) is 0.418. The van der Waals surface area contributed by atoms with Gasteiger partial charge in [0, 0.05) is 29.2 Å². The number of rotatable bonds is 5. The van der Waals surface area contributed by atoms with E-state index in [-0.39, 0.29) is 29.1 Å². The molecule has 0 radical (unpaired) electrons. The molecule has 1 saturated heterocycles. The van der Waals surface area contributed by atoms with Gasteiger partial charge in [0.05, 0.1) is 11.5 Å². The molecule has 8 heteroatoms. The first-order chi connectivity index (χ1) is 14.3. The lowest BCUT2D eigenvalue weighted by atomic mass is 10.1. The van der Waals surface area contributed by atoms with Crippen LogP contribution in [0.1, 0.15) is 28.0 Å². The second kappa shape index (κ2) is 8.24. The number of carbonyl (C=O) groups is 1. The van der Waals surface area contributed by atoms with Gasteiger partial charge in [0.2, 0.25) is 0 Å². The van der Waals surface area contributed by atoms with Gasteiger partial charge in [0.1, 0.15) is 0 Å². The predicted octanol–water partition coefficient (Wildman–Crippen LogP) is 4.13. The molecule has 1 aliphatic heterocycles. The van der Waals surface area contributed by atoms with Gasteiger partial charge in [-0.2, -0.15) is 0 Å². The van der Waals surface area contributed by atoms with E-state index in [0.717, 1.165) is 16.7 Å². The van der Waals surface area contributed by atoms with Crippen LogP contribution in [0.4, 0.5) is 0 Å². The zero-order chi connectivity index (χ0) is 21.3. The summed E-state index contributed by atoms with van der Waals surface area (Å²) in [5.74, 6) is 0.155. The highest BCUT2D eigenvalue weighted by Crippen LogP contribution is 2.26. The fraction of sp³-hybridized carbons (Fsp3) is 0.273. The monoisotopic (exact) mass is 444 g/mol. The van der Waals surface area contributed by atoms with Crippen molar-refractivity contribution in [3.63, 3.8) is 0 Å². The molecule has 1 unspecified atom stereocenters. The number of nitrogens with zero attached hydrogens (tertiary/aromatic N) is 2. The molecule has 0 saturated carbocycles. The van der Waals surface area contributed by atoms with Gasteiger partial charge in [-0.3, -0.25) is 4.79 Å². The molecule has 2 aromatic carbocycles. The third kappa shape index (κ3) is 4.57. The van der Waals surface area contributed by atoms with E-state index in [2.05, 4.69) is 5.16 Å². The molecule has 0 aliphatic carbocycles. The van der Waals surface area contributed by atoms with Crippen LogP contribution in [0.3, 0.4) is 0 Å². The number of aryl methyl sites for hydroxylation is 1. The standard InChI is InChI=1S/C22H21ClN2O4S/c1-15-2-4-16(5-3-15)13-25(19-10-11-30(27,28)14-19)22(26)20-12-21(29-24-20)17-6-8-18(23)9-7-17/h2-9,12,19H,10-11,13-14H2,1H3. The first kappa shape index (κ1) is 20.6. The van der Waals surface area contributed by atoms with E-state index in [9.17, 15) is 13.2 Å². The number of aromatic nitrogens is 1. The van der Waals surface area contributed by atoms with Crippen molar-refractivity contribution in [2.24, 2.45) is 0 Å². The first-order valence-corrected chi connectivity index (χ1v) is 11.8. The molecule has 1 atom stereocenters. The van der Waals surface area contributed by atoms with Gasteiger partial charge < -0.3 is 9.42 Å². The molecular weight excluding hydrogens is 424 g/mol. The van der Waals surface area contributed by atoms with Crippen LogP contribution in [-0.2, 0) is 16.4 Å². The van der Waals surface area contributed by atoms with E-state index in [1.165, 1.54) is 0 Å². The summed E-state index contributed by atoms with van der Waals surface area (Å²) in [5.41, 5.74) is 2.94. The molecule has 6 nitrogen and oxygen atoms in total. The maximum absolute atomic E-state index is 13.3. The topological polar surface area (TPSA) is 80.5 Å². The van der Waals surface area contributed by atoms with Crippen LogP contribution >= 0.6 is 11.6 Å². The number of sulfone groups is 1. The third-order valence-electron chi connectivity index (χ3n) is 5.24. The van der Waals surface area contributed by atoms with Gasteiger partial charge in [-0.05, 0) is 43.2 Å². The fourth-order valence-corrected chi connectivity index (χ4v) is 5.41. The molecule has 1 aromatic heterocycles. The third-order valence-corrected chi connectivity index (χ3v) is 7.24. The van der Waals surface area contributed by atoms with Gasteiger partial charge in [0.15, 0.2) is 21.3 Å². The van der Waals surface area contributed by atoms with Crippen LogP contribution < -0.4 is 0 Å². The average molecular weight is 445 g/mol. The van der Waals surface area contributed by atoms with Crippen molar-refractivity contribution in [1.82, 2.24) is 10.1 Å². The lowest BCUT2D eigenvalue weighted by Crippen LogP contribution is -2.40. The van der Waals surface area contributed by atoms with E-state index in [4.69, 9.17) is 16.1 Å². The number of hydrogen-bond donors (Lipinski definition) is 0. The molecule has 3 aromatic rings. The van der Waals surface area contributed by atoms with Gasteiger partial charge in [-0.25, -0.2) is 8.42 Å². The SMILES string of the molecule is Cc1ccc(CN(C(=O)c2cc(-c3ccc(Cl)cc3)on2)C2CCS(=O)(=O)C2)cc1. The average Bonchev–Trinajstić information content (AvgIpc) is 3.34. The molecule has 1 fully saturated rings. The second-order valence-corrected chi connectivity index (χ2v) is 10.2. The van der Waals surface area contributed by atoms with Crippen molar-refractivity contribution in [3.8, 4) is 11.3 Å². The quantitative estimate of drug-likeness (QED) is 0.591. The summed E-state index contributed by atoms with van der Waals surface area (Å²) in [7, 11) is -3.15. The van der Waals surface area contributed by atoms with Gasteiger partial charge >= 0.3 is 0 Å². The van der Waals surface area contributed by atoms with Crippen LogP contribution in [0.15, 0.2) is 59.1 Å². The molecule has 1 amide bonds. The van der Waals surface area contributed by atoms with E-state index < -0.39 is 9.84 Å². The van der Waals surface area contributed by atoms with E-state index in [0.29, 0.717) is 23.7 Å². The number of benzene rings is 2. The zero-order valence-electron chi connectivity index (χ0n) is 16.4. The Hall–Kier alpha value is -2.64. The zero-order valence-corrected chi connectivity index (χ0v) is 18.0. The van der Waals surface area contributed by atoms with E-state index in [1.54, 1.807) is 35.2 Å². The molecule has 4 rings (SSSR count). The highest BCUT2D eigenvalue weighted by molar-refractivity contribution is 7.91. The summed E-state index contributed by atoms with van der Waals surface area (Å²) in [6.45, 7) is 2.30. The Balaban J connectivity index is 1.62. The van der Waals surface area contributed by atoms with Crippen LogP contribution in [0.25, 0.3) is 11.3 Å². The molecule has 0 spiro atoms. The van der Waals surface area contributed by atoms with Crippen molar-refractivity contribution in [1.29, 1.82) is 0 Å². The van der Waals surface area contributed by atoms with Crippen molar-refractivity contribution >= 4 is 27.3 Å². The Labute approximate surface area is 180 Å². The Morgan fingerprint density at radius 1 is 1.17 bits per heavy atom. The minimum Gasteiger partial charge on any atom is -0.355 e. The second-order valence-electron chi connectivity index (χ2n) is 7.56. The van der Waals surface area contributed by atoms with Crippen LogP contribution in [-0.4, -0.2) is 41.9 Å². The highest BCUT2D eigenvalue weighted by atomic mass is 35.5. The van der Waals surface area contributed by atoms with Crippen LogP contribution in [0.5, 0.6) is 0 Å². The van der Waals surface area contributed by atoms with E-state index in [1.807, 2.05) is 31.2 Å². The van der Waals surface area contributed by atoms with Crippen molar-refractivity contribution in [2.75, 3.05) is 11.5 Å². The summed E-state index contributed by atoms with van der Waals surface area (Å²) in [5, 5.41) is 4.55. The molecule has 0 bridgehead atoms. The van der Waals surface area contributed by atoms with Crippen molar-refractivity contribution in [3.05, 3.63) is 76.4 Å². The van der Waals surface area contributed by atoms with Crippen molar-refractivity contribution < 1.29 is 17.7 Å². The maximum Gasteiger partial charge on any atom is 0.276 e. The lowest BCUT2D eigenvalue weighted by molar-refractivity contribution is 0.0670. The molecule has 1 aliphatic rings. The molecule has 0 N–H and O–H groups in total. The predicted molar refractivity (Wildman–Crippen MR) is 115 cm³/mol. The smallest absolute Gasteiger partial charge is 0.276 e. The Kier molecular flexibility index (Phi) is 5.66. The lowest BCUT2D eigenvalue weighted by Gasteiger charge is -2.27. The Morgan fingerprint density at radius 3 is 2.50 bits per heavy atom.